The number of fused-ring (bicyclic) bond motifs is 5. The van der Waals surface area contributed by atoms with Crippen molar-refractivity contribution in [3.63, 3.8) is 0 Å². The number of rotatable bonds is 6. The number of anilines is 2. The van der Waals surface area contributed by atoms with Crippen molar-refractivity contribution in [1.82, 2.24) is 29.8 Å². The molecule has 11 nitrogen and oxygen atoms in total. The van der Waals surface area contributed by atoms with Gasteiger partial charge in [-0.15, -0.1) is 11.3 Å². The molecule has 4 N–H and O–H groups in total. The van der Waals surface area contributed by atoms with Crippen LogP contribution in [0.25, 0.3) is 22.6 Å². The van der Waals surface area contributed by atoms with Gasteiger partial charge in [0.2, 0.25) is 0 Å². The zero-order valence-electron chi connectivity index (χ0n) is 24.7. The number of aryl methyl sites for hydroxylation is 1. The highest BCUT2D eigenvalue weighted by molar-refractivity contribution is 7.16. The summed E-state index contributed by atoms with van der Waals surface area (Å²) < 4.78 is 8.29. The van der Waals surface area contributed by atoms with E-state index in [-0.39, 0.29) is 6.04 Å². The molecule has 1 saturated carbocycles. The Balaban J connectivity index is 1.26. The zero-order chi connectivity index (χ0) is 29.5. The van der Waals surface area contributed by atoms with Gasteiger partial charge in [-0.25, -0.2) is 14.6 Å². The maximum atomic E-state index is 10.6. The molecule has 224 valence electrons. The van der Waals surface area contributed by atoms with E-state index in [9.17, 15) is 10.4 Å². The standard InChI is InChI=1S/C31H37N9O2S/c1-17(21-7-5-13-39(21)2)40-29-20(15-35-40)27(34-16-30(41)11-12-30)36-28(37-29)24-18-6-3-9-31(25(18)42-38-24)10-4-8-22-23(31)19(14-32)26(33)43-22/h15,17,21,41H,3-13,16,33H2,1-2H3,(H,34,36,37)/t17-,21-,31-/m0/s1. The summed E-state index contributed by atoms with van der Waals surface area (Å²) in [7, 11) is 2.18. The fourth-order valence-corrected chi connectivity index (χ4v) is 9.12. The molecule has 2 fully saturated rings. The van der Waals surface area contributed by atoms with Gasteiger partial charge in [0.15, 0.2) is 22.9 Å². The molecule has 0 radical (unpaired) electrons. The summed E-state index contributed by atoms with van der Waals surface area (Å²) in [6.07, 6.45) is 11.2. The quantitative estimate of drug-likeness (QED) is 0.287. The predicted octanol–water partition coefficient (Wildman–Crippen LogP) is 4.55. The highest BCUT2D eigenvalue weighted by atomic mass is 32.1. The fourth-order valence-electron chi connectivity index (χ4n) is 7.96. The SMILES string of the molecule is C[C@@H]([C@@H]1CCCN1C)n1ncc2c(NCC3(O)CC3)nc(-c3noc4c3CCC[C@@]43CCCc4sc(N)c(C#N)c43)nc21. The molecular formula is C31H37N9O2S. The van der Waals surface area contributed by atoms with Crippen LogP contribution in [-0.4, -0.2) is 66.7 Å². The van der Waals surface area contributed by atoms with Crippen LogP contribution in [0.2, 0.25) is 0 Å². The number of thiophene rings is 1. The van der Waals surface area contributed by atoms with Gasteiger partial charge in [-0.05, 0) is 90.3 Å². The number of nitrogen functional groups attached to an aromatic ring is 1. The third-order valence-corrected chi connectivity index (χ3v) is 11.5. The van der Waals surface area contributed by atoms with E-state index in [0.29, 0.717) is 40.5 Å². The van der Waals surface area contributed by atoms with Crippen molar-refractivity contribution >= 4 is 33.2 Å². The lowest BCUT2D eigenvalue weighted by Crippen LogP contribution is -2.35. The minimum Gasteiger partial charge on any atom is -0.389 e. The van der Waals surface area contributed by atoms with E-state index in [0.717, 1.165) is 92.3 Å². The minimum absolute atomic E-state index is 0.122. The van der Waals surface area contributed by atoms with E-state index < -0.39 is 11.0 Å². The van der Waals surface area contributed by atoms with Gasteiger partial charge >= 0.3 is 0 Å². The Kier molecular flexibility index (Phi) is 6.13. The molecule has 43 heavy (non-hydrogen) atoms. The van der Waals surface area contributed by atoms with Crippen LogP contribution in [0.5, 0.6) is 0 Å². The van der Waals surface area contributed by atoms with Crippen LogP contribution in [0, 0.1) is 11.3 Å². The molecule has 0 aromatic carbocycles. The molecule has 4 aromatic rings. The van der Waals surface area contributed by atoms with Crippen LogP contribution >= 0.6 is 11.3 Å². The molecule has 1 aliphatic heterocycles. The molecule has 1 spiro atoms. The van der Waals surface area contributed by atoms with E-state index >= 15 is 0 Å². The first kappa shape index (κ1) is 27.0. The first-order valence-corrected chi connectivity index (χ1v) is 16.4. The van der Waals surface area contributed by atoms with Gasteiger partial charge in [-0.3, -0.25) is 0 Å². The maximum Gasteiger partial charge on any atom is 0.186 e. The molecule has 3 atom stereocenters. The summed E-state index contributed by atoms with van der Waals surface area (Å²) in [6.45, 7) is 3.71. The summed E-state index contributed by atoms with van der Waals surface area (Å²) in [5, 5.41) is 35.0. The third kappa shape index (κ3) is 4.12. The average molecular weight is 600 g/mol. The van der Waals surface area contributed by atoms with Crippen molar-refractivity contribution in [2.45, 2.75) is 94.2 Å². The molecule has 4 aliphatic rings. The largest absolute Gasteiger partial charge is 0.389 e. The second-order valence-corrected chi connectivity index (χ2v) is 14.2. The van der Waals surface area contributed by atoms with Crippen LogP contribution in [0.15, 0.2) is 10.7 Å². The Labute approximate surface area is 254 Å². The first-order valence-electron chi connectivity index (χ1n) is 15.5. The second-order valence-electron chi connectivity index (χ2n) is 13.1. The van der Waals surface area contributed by atoms with Crippen molar-refractivity contribution < 1.29 is 9.63 Å². The van der Waals surface area contributed by atoms with Gasteiger partial charge in [-0.2, -0.15) is 10.4 Å². The smallest absolute Gasteiger partial charge is 0.186 e. The Morgan fingerprint density at radius 1 is 1.23 bits per heavy atom. The number of hydrogen-bond acceptors (Lipinski definition) is 11. The van der Waals surface area contributed by atoms with Gasteiger partial charge in [0.05, 0.1) is 34.2 Å². The normalized spacial score (nSPS) is 25.0. The van der Waals surface area contributed by atoms with Crippen molar-refractivity contribution in [3.8, 4) is 17.6 Å². The zero-order valence-corrected chi connectivity index (χ0v) is 25.5. The van der Waals surface area contributed by atoms with Crippen molar-refractivity contribution in [3.05, 3.63) is 33.5 Å². The van der Waals surface area contributed by atoms with Gasteiger partial charge in [0.1, 0.15) is 16.9 Å². The molecule has 5 heterocycles. The minimum atomic E-state index is -0.688. The monoisotopic (exact) mass is 599 g/mol. The Hall–Kier alpha value is -3.53. The molecule has 1 saturated heterocycles. The van der Waals surface area contributed by atoms with Crippen molar-refractivity contribution in [1.29, 1.82) is 5.26 Å². The molecular weight excluding hydrogens is 562 g/mol. The highest BCUT2D eigenvalue weighted by Gasteiger charge is 2.49. The summed E-state index contributed by atoms with van der Waals surface area (Å²) >= 11 is 1.55. The van der Waals surface area contributed by atoms with Gasteiger partial charge in [0, 0.05) is 23.0 Å². The predicted molar refractivity (Wildman–Crippen MR) is 164 cm³/mol. The number of likely N-dealkylation sites (tertiary alicyclic amines) is 1. The number of nitrogens with zero attached hydrogens (tertiary/aromatic N) is 7. The van der Waals surface area contributed by atoms with Crippen LogP contribution in [0.4, 0.5) is 10.8 Å². The lowest BCUT2D eigenvalue weighted by atomic mass is 9.63. The topological polar surface area (TPSA) is 155 Å². The Morgan fingerprint density at radius 3 is 2.79 bits per heavy atom. The van der Waals surface area contributed by atoms with Crippen LogP contribution in [0.3, 0.4) is 0 Å². The molecule has 12 heteroatoms. The summed E-state index contributed by atoms with van der Waals surface area (Å²) in [5.74, 6) is 1.98. The number of aromatic nitrogens is 5. The van der Waals surface area contributed by atoms with E-state index in [1.807, 2.05) is 10.9 Å². The summed E-state index contributed by atoms with van der Waals surface area (Å²) in [6, 6.07) is 2.89. The number of nitrogens with two attached hydrogens (primary N) is 1. The average Bonchev–Trinajstić information content (AvgIpc) is 3.45. The number of aliphatic hydroxyl groups is 1. The molecule has 4 aromatic heterocycles. The fraction of sp³-hybridized carbons (Fsp3) is 0.581. The molecule has 8 rings (SSSR count). The van der Waals surface area contributed by atoms with Crippen LogP contribution in [0.1, 0.15) is 91.7 Å². The molecule has 3 aliphatic carbocycles. The van der Waals surface area contributed by atoms with Gasteiger partial charge in [0.25, 0.3) is 0 Å². The number of nitriles is 1. The number of likely N-dealkylation sites (N-methyl/N-ethyl adjacent to an activating group) is 1. The lowest BCUT2D eigenvalue weighted by molar-refractivity contribution is 0.164. The Morgan fingerprint density at radius 2 is 2.05 bits per heavy atom. The van der Waals surface area contributed by atoms with E-state index in [1.165, 1.54) is 11.3 Å². The van der Waals surface area contributed by atoms with Gasteiger partial charge in [-0.1, -0.05) is 5.16 Å². The Bertz CT molecular complexity index is 1780. The first-order chi connectivity index (χ1) is 20.8. The van der Waals surface area contributed by atoms with Gasteiger partial charge < -0.3 is 25.6 Å². The van der Waals surface area contributed by atoms with Crippen molar-refractivity contribution in [2.75, 3.05) is 31.2 Å². The molecule has 0 unspecified atom stereocenters. The number of hydrogen-bond donors (Lipinski definition) is 3. The summed E-state index contributed by atoms with van der Waals surface area (Å²) in [4.78, 5) is 13.7. The number of nitrogens with one attached hydrogen (secondary N) is 1. The van der Waals surface area contributed by atoms with Crippen molar-refractivity contribution in [2.24, 2.45) is 0 Å². The highest BCUT2D eigenvalue weighted by Crippen LogP contribution is 2.55. The molecule has 0 bridgehead atoms. The third-order valence-electron chi connectivity index (χ3n) is 10.5. The van der Waals surface area contributed by atoms with Crippen LogP contribution < -0.4 is 11.1 Å². The molecule has 0 amide bonds. The summed E-state index contributed by atoms with van der Waals surface area (Å²) in [5.41, 5.74) is 9.33. The van der Waals surface area contributed by atoms with E-state index in [2.05, 4.69) is 35.4 Å². The van der Waals surface area contributed by atoms with E-state index in [4.69, 9.17) is 25.3 Å². The maximum absolute atomic E-state index is 10.6. The lowest BCUT2D eigenvalue weighted by Gasteiger charge is -2.39. The van der Waals surface area contributed by atoms with E-state index in [1.54, 1.807) is 11.3 Å². The second kappa shape index (κ2) is 9.74. The van der Waals surface area contributed by atoms with Crippen LogP contribution in [-0.2, 0) is 18.3 Å².